The van der Waals surface area contributed by atoms with E-state index in [4.69, 9.17) is 0 Å². The minimum atomic E-state index is -0.626. The lowest BCUT2D eigenvalue weighted by molar-refractivity contribution is -0.119. The van der Waals surface area contributed by atoms with Crippen LogP contribution in [0.2, 0.25) is 0 Å². The summed E-state index contributed by atoms with van der Waals surface area (Å²) in [5.41, 5.74) is 6.08. The molecule has 194 valence electrons. The first-order valence-electron chi connectivity index (χ1n) is 13.3. The first kappa shape index (κ1) is 24.9. The third-order valence-corrected chi connectivity index (χ3v) is 7.60. The Kier molecular flexibility index (Phi) is 7.48. The van der Waals surface area contributed by atoms with Gasteiger partial charge >= 0.3 is 0 Å². The fourth-order valence-electron chi connectivity index (χ4n) is 5.32. The highest BCUT2D eigenvalue weighted by Crippen LogP contribution is 2.29. The van der Waals surface area contributed by atoms with E-state index in [1.807, 2.05) is 26.0 Å². The molecule has 2 saturated carbocycles. The molecule has 1 atom stereocenters. The first-order chi connectivity index (χ1) is 18.0. The smallest absolute Gasteiger partial charge is 0.270 e. The summed E-state index contributed by atoms with van der Waals surface area (Å²) in [7, 11) is 0. The van der Waals surface area contributed by atoms with Gasteiger partial charge in [-0.15, -0.1) is 0 Å². The van der Waals surface area contributed by atoms with E-state index in [2.05, 4.69) is 37.0 Å². The van der Waals surface area contributed by atoms with Crippen LogP contribution in [0.3, 0.4) is 0 Å². The van der Waals surface area contributed by atoms with Crippen LogP contribution in [-0.2, 0) is 11.3 Å². The molecule has 2 aliphatic rings. The van der Waals surface area contributed by atoms with Gasteiger partial charge in [0.1, 0.15) is 11.7 Å². The first-order valence-corrected chi connectivity index (χ1v) is 13.3. The largest absolute Gasteiger partial charge is 0.339 e. The van der Waals surface area contributed by atoms with E-state index in [0.717, 1.165) is 61.2 Å². The minimum absolute atomic E-state index is 0.0922. The number of nitrogens with zero attached hydrogens (tertiary/aromatic N) is 4. The van der Waals surface area contributed by atoms with Crippen molar-refractivity contribution in [2.45, 2.75) is 77.8 Å². The van der Waals surface area contributed by atoms with Gasteiger partial charge in [-0.2, -0.15) is 10.2 Å². The van der Waals surface area contributed by atoms with Gasteiger partial charge in [-0.25, -0.2) is 0 Å². The Labute approximate surface area is 217 Å². The van der Waals surface area contributed by atoms with Crippen molar-refractivity contribution in [3.63, 3.8) is 0 Å². The molecule has 9 heteroatoms. The van der Waals surface area contributed by atoms with Crippen LogP contribution in [0.15, 0.2) is 42.2 Å². The normalized spacial score (nSPS) is 16.6. The number of aromatic amines is 1. The highest BCUT2D eigenvalue weighted by atomic mass is 16.2. The monoisotopic (exact) mass is 501 g/mol. The highest BCUT2D eigenvalue weighted by molar-refractivity contribution is 6.00. The predicted octanol–water partition coefficient (Wildman–Crippen LogP) is 4.71. The van der Waals surface area contributed by atoms with E-state index >= 15 is 0 Å². The van der Waals surface area contributed by atoms with Gasteiger partial charge < -0.3 is 10.6 Å². The second-order valence-electron chi connectivity index (χ2n) is 10.2. The minimum Gasteiger partial charge on any atom is -0.339 e. The molecular weight excluding hydrogens is 466 g/mol. The van der Waals surface area contributed by atoms with Gasteiger partial charge in [-0.1, -0.05) is 30.9 Å². The maximum atomic E-state index is 13.5. The number of nitrogens with one attached hydrogen (secondary N) is 3. The Morgan fingerprint density at radius 3 is 2.59 bits per heavy atom. The maximum Gasteiger partial charge on any atom is 0.270 e. The molecule has 3 heterocycles. The van der Waals surface area contributed by atoms with Crippen molar-refractivity contribution in [3.05, 3.63) is 59.3 Å². The molecule has 3 N–H and O–H groups in total. The van der Waals surface area contributed by atoms with Crippen LogP contribution in [0.1, 0.15) is 73.2 Å². The number of carbonyl (C=O) groups excluding carboxylic acids is 2. The molecule has 0 saturated heterocycles. The molecule has 0 bridgehead atoms. The molecule has 2 amide bonds. The van der Waals surface area contributed by atoms with Gasteiger partial charge in [0, 0.05) is 17.5 Å². The molecule has 0 spiro atoms. The summed E-state index contributed by atoms with van der Waals surface area (Å²) in [5, 5.41) is 17.6. The van der Waals surface area contributed by atoms with Crippen LogP contribution < -0.4 is 10.6 Å². The Balaban J connectivity index is 1.30. The zero-order valence-electron chi connectivity index (χ0n) is 21.6. The number of allylic oxidation sites excluding steroid dienone is 2. The molecular formula is C28H35N7O2. The van der Waals surface area contributed by atoms with Gasteiger partial charge in [0.05, 0.1) is 29.8 Å². The van der Waals surface area contributed by atoms with Crippen molar-refractivity contribution < 1.29 is 9.59 Å². The van der Waals surface area contributed by atoms with Gasteiger partial charge in [0.2, 0.25) is 5.91 Å². The van der Waals surface area contributed by atoms with Crippen LogP contribution in [-0.4, -0.2) is 42.8 Å². The van der Waals surface area contributed by atoms with Crippen molar-refractivity contribution in [2.75, 3.05) is 5.32 Å². The molecule has 0 aliphatic heterocycles. The van der Waals surface area contributed by atoms with Crippen LogP contribution in [0.5, 0.6) is 0 Å². The van der Waals surface area contributed by atoms with E-state index in [0.29, 0.717) is 17.9 Å². The van der Waals surface area contributed by atoms with E-state index in [9.17, 15) is 9.59 Å². The van der Waals surface area contributed by atoms with Crippen molar-refractivity contribution in [1.82, 2.24) is 30.3 Å². The Morgan fingerprint density at radius 1 is 1.14 bits per heavy atom. The molecule has 37 heavy (non-hydrogen) atoms. The second-order valence-corrected chi connectivity index (χ2v) is 10.2. The quantitative estimate of drug-likeness (QED) is 0.386. The summed E-state index contributed by atoms with van der Waals surface area (Å²) < 4.78 is 1.71. The molecule has 3 aromatic heterocycles. The zero-order valence-corrected chi connectivity index (χ0v) is 21.6. The average Bonchev–Trinajstić information content (AvgIpc) is 3.48. The number of anilines is 1. The Bertz CT molecular complexity index is 1260. The van der Waals surface area contributed by atoms with Crippen molar-refractivity contribution in [3.8, 4) is 11.3 Å². The lowest BCUT2D eigenvalue weighted by Gasteiger charge is -2.30. The molecule has 5 rings (SSSR count). The van der Waals surface area contributed by atoms with E-state index in [1.54, 1.807) is 23.1 Å². The predicted molar refractivity (Wildman–Crippen MR) is 142 cm³/mol. The van der Waals surface area contributed by atoms with Gasteiger partial charge in [-0.05, 0) is 70.1 Å². The zero-order chi connectivity index (χ0) is 25.8. The average molecular weight is 502 g/mol. The van der Waals surface area contributed by atoms with Gasteiger partial charge in [-0.3, -0.25) is 24.4 Å². The second kappa shape index (κ2) is 11.1. The molecule has 0 aromatic carbocycles. The molecule has 0 unspecified atom stereocenters. The van der Waals surface area contributed by atoms with Crippen LogP contribution >= 0.6 is 0 Å². The van der Waals surface area contributed by atoms with Crippen molar-refractivity contribution >= 4 is 17.5 Å². The number of carbonyl (C=O) groups is 2. The number of aryl methyl sites for hydroxylation is 2. The topological polar surface area (TPSA) is 118 Å². The number of hydrogen-bond donors (Lipinski definition) is 3. The number of rotatable bonds is 8. The highest BCUT2D eigenvalue weighted by Gasteiger charge is 2.32. The summed E-state index contributed by atoms with van der Waals surface area (Å²) in [5.74, 6) is -0.391. The lowest BCUT2D eigenvalue weighted by Crippen LogP contribution is -2.49. The molecule has 9 nitrogen and oxygen atoms in total. The summed E-state index contributed by atoms with van der Waals surface area (Å²) >= 11 is 0. The Morgan fingerprint density at radius 2 is 1.95 bits per heavy atom. The molecule has 3 aromatic rings. The van der Waals surface area contributed by atoms with Gasteiger partial charge in [0.25, 0.3) is 5.91 Å². The molecule has 2 aliphatic carbocycles. The van der Waals surface area contributed by atoms with Crippen molar-refractivity contribution in [1.29, 1.82) is 0 Å². The fraction of sp³-hybridized carbons (Fsp3) is 0.464. The van der Waals surface area contributed by atoms with Crippen LogP contribution in [0, 0.1) is 19.8 Å². The van der Waals surface area contributed by atoms with E-state index in [1.165, 1.54) is 18.4 Å². The lowest BCUT2D eigenvalue weighted by atomic mass is 9.83. The number of pyridine rings is 1. The van der Waals surface area contributed by atoms with E-state index in [-0.39, 0.29) is 17.7 Å². The number of amides is 2. The number of H-pyrrole nitrogens is 1. The number of aromatic nitrogens is 5. The SMILES string of the molecule is Cc1n[nH]c(C)c1-c1ccc(NC(=O)[C@@H](NC(=O)c2ccnn2CC=C2CCC2)C2CCCCC2)cn1. The van der Waals surface area contributed by atoms with Crippen molar-refractivity contribution in [2.24, 2.45) is 5.92 Å². The summed E-state index contributed by atoms with van der Waals surface area (Å²) in [6.45, 7) is 4.46. The summed E-state index contributed by atoms with van der Waals surface area (Å²) in [4.78, 5) is 31.3. The maximum absolute atomic E-state index is 13.5. The van der Waals surface area contributed by atoms with E-state index < -0.39 is 6.04 Å². The third-order valence-electron chi connectivity index (χ3n) is 7.60. The number of hydrogen-bond acceptors (Lipinski definition) is 5. The fourth-order valence-corrected chi connectivity index (χ4v) is 5.32. The Hall–Kier alpha value is -3.75. The van der Waals surface area contributed by atoms with Crippen LogP contribution in [0.25, 0.3) is 11.3 Å². The third kappa shape index (κ3) is 5.65. The van der Waals surface area contributed by atoms with Crippen LogP contribution in [0.4, 0.5) is 5.69 Å². The van der Waals surface area contributed by atoms with Gasteiger partial charge in [0.15, 0.2) is 0 Å². The standard InChI is InChI=1S/C28H35N7O2/c1-18-25(19(2)34-33-18)23-12-11-22(17-29-23)31-28(37)26(21-9-4-3-5-10-21)32-27(36)24-13-15-30-35(24)16-14-20-7-6-8-20/h11-15,17,21,26H,3-10,16H2,1-2H3,(H,31,37)(H,32,36)(H,33,34)/t26-/m0/s1. The summed E-state index contributed by atoms with van der Waals surface area (Å²) in [6, 6.07) is 4.81. The molecule has 2 fully saturated rings. The molecule has 0 radical (unpaired) electrons. The summed E-state index contributed by atoms with van der Waals surface area (Å²) in [6.07, 6.45) is 14.1.